The molecule has 1 amide bonds. The molecule has 0 aliphatic carbocycles. The quantitative estimate of drug-likeness (QED) is 0.557. The maximum Gasteiger partial charge on any atom is 0.265 e. The van der Waals surface area contributed by atoms with E-state index in [4.69, 9.17) is 4.74 Å². The number of aromatic nitrogens is 2. The number of ether oxygens (including phenoxy) is 1. The summed E-state index contributed by atoms with van der Waals surface area (Å²) in [5.41, 5.74) is 1.53. The summed E-state index contributed by atoms with van der Waals surface area (Å²) in [7, 11) is 3.34. The summed E-state index contributed by atoms with van der Waals surface area (Å²) in [6.45, 7) is 0. The lowest BCUT2D eigenvalue weighted by molar-refractivity contribution is 0.103. The number of fused-ring (bicyclic) bond motifs is 1. The van der Waals surface area contributed by atoms with Crippen LogP contribution in [-0.4, -0.2) is 22.8 Å². The van der Waals surface area contributed by atoms with Crippen LogP contribution in [0.15, 0.2) is 54.6 Å². The van der Waals surface area contributed by atoms with E-state index in [0.29, 0.717) is 27.6 Å². The Hall–Kier alpha value is -3.19. The molecular formula is C20H16FN3O2S. The number of thiophene rings is 1. The number of anilines is 1. The summed E-state index contributed by atoms with van der Waals surface area (Å²) in [6, 6.07) is 15.4. The minimum absolute atomic E-state index is 0.250. The van der Waals surface area contributed by atoms with Gasteiger partial charge in [0.1, 0.15) is 22.1 Å². The molecule has 1 N–H and O–H groups in total. The molecule has 7 heteroatoms. The van der Waals surface area contributed by atoms with Crippen molar-refractivity contribution in [3.05, 3.63) is 65.3 Å². The van der Waals surface area contributed by atoms with E-state index in [0.717, 1.165) is 10.2 Å². The second-order valence-electron chi connectivity index (χ2n) is 5.94. The molecular weight excluding hydrogens is 365 g/mol. The standard InChI is InChI=1S/C20H16FN3O2S/c1-24-20-13(18(23-24)12-7-3-4-8-14(12)21)11-17(27-20)19(25)22-15-9-5-6-10-16(15)26-2/h3-11H,1-2H3,(H,22,25). The second-order valence-corrected chi connectivity index (χ2v) is 6.97. The number of rotatable bonds is 4. The second kappa shape index (κ2) is 6.85. The van der Waals surface area contributed by atoms with Gasteiger partial charge in [-0.05, 0) is 30.3 Å². The topological polar surface area (TPSA) is 56.1 Å². The number of carbonyl (C=O) groups excluding carboxylic acids is 1. The fourth-order valence-corrected chi connectivity index (χ4v) is 3.90. The fourth-order valence-electron chi connectivity index (χ4n) is 2.94. The SMILES string of the molecule is COc1ccccc1NC(=O)c1cc2c(-c3ccccc3F)nn(C)c2s1. The number of aryl methyl sites for hydroxylation is 1. The van der Waals surface area contributed by atoms with Crippen molar-refractivity contribution in [2.75, 3.05) is 12.4 Å². The van der Waals surface area contributed by atoms with Gasteiger partial charge in [-0.2, -0.15) is 5.10 Å². The lowest BCUT2D eigenvalue weighted by Gasteiger charge is -2.08. The van der Waals surface area contributed by atoms with Crippen molar-refractivity contribution in [2.45, 2.75) is 0 Å². The van der Waals surface area contributed by atoms with Crippen LogP contribution >= 0.6 is 11.3 Å². The van der Waals surface area contributed by atoms with Gasteiger partial charge in [-0.3, -0.25) is 9.48 Å². The zero-order valence-corrected chi connectivity index (χ0v) is 15.5. The average molecular weight is 381 g/mol. The van der Waals surface area contributed by atoms with Crippen LogP contribution in [0.3, 0.4) is 0 Å². The summed E-state index contributed by atoms with van der Waals surface area (Å²) >= 11 is 1.31. The molecule has 5 nitrogen and oxygen atoms in total. The van der Waals surface area contributed by atoms with E-state index in [1.54, 1.807) is 55.2 Å². The Balaban J connectivity index is 1.73. The molecule has 0 fully saturated rings. The smallest absolute Gasteiger partial charge is 0.265 e. The van der Waals surface area contributed by atoms with Crippen molar-refractivity contribution in [1.82, 2.24) is 9.78 Å². The zero-order valence-electron chi connectivity index (χ0n) is 14.7. The maximum atomic E-state index is 14.2. The van der Waals surface area contributed by atoms with Crippen molar-refractivity contribution < 1.29 is 13.9 Å². The van der Waals surface area contributed by atoms with E-state index >= 15 is 0 Å². The predicted octanol–water partition coefficient (Wildman–Crippen LogP) is 4.70. The van der Waals surface area contributed by atoms with E-state index < -0.39 is 0 Å². The molecule has 4 rings (SSSR count). The fraction of sp³-hybridized carbons (Fsp3) is 0.100. The summed E-state index contributed by atoms with van der Waals surface area (Å²) in [5.74, 6) is -0.00965. The molecule has 0 saturated carbocycles. The largest absolute Gasteiger partial charge is 0.495 e. The van der Waals surface area contributed by atoms with Gasteiger partial charge in [0.15, 0.2) is 0 Å². The highest BCUT2D eigenvalue weighted by atomic mass is 32.1. The minimum Gasteiger partial charge on any atom is -0.495 e. The monoisotopic (exact) mass is 381 g/mol. The van der Waals surface area contributed by atoms with Crippen LogP contribution in [0.1, 0.15) is 9.67 Å². The number of hydrogen-bond acceptors (Lipinski definition) is 4. The Bertz CT molecular complexity index is 1150. The first-order chi connectivity index (χ1) is 13.1. The number of nitrogens with one attached hydrogen (secondary N) is 1. The van der Waals surface area contributed by atoms with Gasteiger partial charge in [0.2, 0.25) is 0 Å². The van der Waals surface area contributed by atoms with E-state index in [1.807, 2.05) is 12.1 Å². The Kier molecular flexibility index (Phi) is 4.37. The molecule has 0 saturated heterocycles. The van der Waals surface area contributed by atoms with E-state index in [-0.39, 0.29) is 11.7 Å². The Labute approximate surface area is 159 Å². The predicted molar refractivity (Wildman–Crippen MR) is 105 cm³/mol. The summed E-state index contributed by atoms with van der Waals surface area (Å²) in [6.07, 6.45) is 0. The number of hydrogen-bond donors (Lipinski definition) is 1. The first-order valence-electron chi connectivity index (χ1n) is 8.24. The third-order valence-electron chi connectivity index (χ3n) is 4.22. The van der Waals surface area contributed by atoms with Crippen LogP contribution < -0.4 is 10.1 Å². The van der Waals surface area contributed by atoms with Gasteiger partial charge in [0.25, 0.3) is 5.91 Å². The normalized spacial score (nSPS) is 10.9. The van der Waals surface area contributed by atoms with Crippen molar-refractivity contribution >= 4 is 33.1 Å². The van der Waals surface area contributed by atoms with Gasteiger partial charge in [0, 0.05) is 18.0 Å². The van der Waals surface area contributed by atoms with Crippen molar-refractivity contribution in [2.24, 2.45) is 7.05 Å². The highest BCUT2D eigenvalue weighted by Crippen LogP contribution is 2.35. The average Bonchev–Trinajstić information content (AvgIpc) is 3.24. The molecule has 2 heterocycles. The molecule has 0 radical (unpaired) electrons. The summed E-state index contributed by atoms with van der Waals surface area (Å²) in [4.78, 5) is 14.0. The summed E-state index contributed by atoms with van der Waals surface area (Å²) < 4.78 is 21.1. The molecule has 0 atom stereocenters. The summed E-state index contributed by atoms with van der Waals surface area (Å²) in [5, 5.41) is 8.04. The molecule has 0 bridgehead atoms. The van der Waals surface area contributed by atoms with Crippen molar-refractivity contribution in [1.29, 1.82) is 0 Å². The van der Waals surface area contributed by atoms with Crippen LogP contribution in [0.2, 0.25) is 0 Å². The molecule has 136 valence electrons. The lowest BCUT2D eigenvalue weighted by atomic mass is 10.1. The number of para-hydroxylation sites is 2. The van der Waals surface area contributed by atoms with Crippen LogP contribution in [0, 0.1) is 5.82 Å². The Morgan fingerprint density at radius 2 is 1.93 bits per heavy atom. The number of nitrogens with zero attached hydrogens (tertiary/aromatic N) is 2. The Morgan fingerprint density at radius 1 is 1.19 bits per heavy atom. The van der Waals surface area contributed by atoms with E-state index in [2.05, 4.69) is 10.4 Å². The number of carbonyl (C=O) groups is 1. The van der Waals surface area contributed by atoms with Crippen LogP contribution in [-0.2, 0) is 7.05 Å². The first kappa shape index (κ1) is 17.2. The Morgan fingerprint density at radius 3 is 2.70 bits per heavy atom. The maximum absolute atomic E-state index is 14.2. The van der Waals surface area contributed by atoms with E-state index in [9.17, 15) is 9.18 Å². The molecule has 0 spiro atoms. The van der Waals surface area contributed by atoms with Gasteiger partial charge < -0.3 is 10.1 Å². The van der Waals surface area contributed by atoms with Gasteiger partial charge in [-0.1, -0.05) is 24.3 Å². The third kappa shape index (κ3) is 3.06. The lowest BCUT2D eigenvalue weighted by Crippen LogP contribution is -2.11. The minimum atomic E-state index is -0.344. The highest BCUT2D eigenvalue weighted by molar-refractivity contribution is 7.20. The number of halogens is 1. The molecule has 27 heavy (non-hydrogen) atoms. The molecule has 2 aromatic carbocycles. The third-order valence-corrected chi connectivity index (χ3v) is 5.42. The van der Waals surface area contributed by atoms with E-state index in [1.165, 1.54) is 17.4 Å². The number of benzene rings is 2. The van der Waals surface area contributed by atoms with Crippen LogP contribution in [0.4, 0.5) is 10.1 Å². The molecule has 0 aliphatic heterocycles. The van der Waals surface area contributed by atoms with Crippen molar-refractivity contribution in [3.63, 3.8) is 0 Å². The molecule has 0 aliphatic rings. The van der Waals surface area contributed by atoms with Crippen LogP contribution in [0.5, 0.6) is 5.75 Å². The number of amides is 1. The van der Waals surface area contributed by atoms with Crippen LogP contribution in [0.25, 0.3) is 21.5 Å². The van der Waals surface area contributed by atoms with Gasteiger partial charge in [0.05, 0.1) is 17.7 Å². The van der Waals surface area contributed by atoms with Gasteiger partial charge in [-0.25, -0.2) is 4.39 Å². The molecule has 0 unspecified atom stereocenters. The molecule has 2 aromatic heterocycles. The highest BCUT2D eigenvalue weighted by Gasteiger charge is 2.20. The van der Waals surface area contributed by atoms with Gasteiger partial charge in [-0.15, -0.1) is 11.3 Å². The van der Waals surface area contributed by atoms with Gasteiger partial charge >= 0.3 is 0 Å². The zero-order chi connectivity index (χ0) is 19.0. The first-order valence-corrected chi connectivity index (χ1v) is 9.06. The number of methoxy groups -OCH3 is 1. The molecule has 4 aromatic rings. The van der Waals surface area contributed by atoms with Crippen molar-refractivity contribution in [3.8, 4) is 17.0 Å².